The number of hydrogen-bond donors (Lipinski definition) is 0. The van der Waals surface area contributed by atoms with Gasteiger partial charge in [0.05, 0.1) is 0 Å². The van der Waals surface area contributed by atoms with E-state index >= 15 is 0 Å². The molecule has 3 aliphatic rings. The van der Waals surface area contributed by atoms with Crippen LogP contribution in [0.2, 0.25) is 13.1 Å². The van der Waals surface area contributed by atoms with E-state index in [2.05, 4.69) is 114 Å². The van der Waals surface area contributed by atoms with Crippen molar-refractivity contribution in [2.24, 2.45) is 0 Å². The van der Waals surface area contributed by atoms with Crippen LogP contribution in [0.5, 0.6) is 0 Å². The predicted octanol–water partition coefficient (Wildman–Crippen LogP) is 9.42. The van der Waals surface area contributed by atoms with E-state index in [0.717, 1.165) is 0 Å². The summed E-state index contributed by atoms with van der Waals surface area (Å²) in [6.45, 7) is 14.0. The van der Waals surface area contributed by atoms with Crippen LogP contribution in [0.25, 0.3) is 21.9 Å². The number of benzene rings is 2. The SMILES string of the molecule is CC(C)(C)c1ccc(-c2cccc3[cH-]ccc23)cc1.CC1=PC2=CC=C3C2=C1[Si]3(C)C.Cl.Cl.[Zr]. The first-order valence-electron chi connectivity index (χ1n) is 11.2. The third-order valence-corrected chi connectivity index (χ3v) is 11.9. The first kappa shape index (κ1) is 29.4. The van der Waals surface area contributed by atoms with Crippen molar-refractivity contribution in [1.29, 1.82) is 0 Å². The van der Waals surface area contributed by atoms with Gasteiger partial charge in [-0.2, -0.15) is 12.1 Å². The van der Waals surface area contributed by atoms with E-state index in [0.29, 0.717) is 0 Å². The van der Waals surface area contributed by atoms with Crippen molar-refractivity contribution in [2.45, 2.75) is 46.2 Å². The molecule has 0 amide bonds. The van der Waals surface area contributed by atoms with E-state index in [1.807, 2.05) is 0 Å². The molecule has 0 unspecified atom stereocenters. The maximum Gasteiger partial charge on any atom is 0.114 e. The fourth-order valence-electron chi connectivity index (χ4n) is 5.16. The van der Waals surface area contributed by atoms with E-state index in [-0.39, 0.29) is 56.4 Å². The molecule has 2 heterocycles. The Morgan fingerprint density at radius 1 is 0.882 bits per heavy atom. The summed E-state index contributed by atoms with van der Waals surface area (Å²) < 4.78 is 0. The summed E-state index contributed by atoms with van der Waals surface area (Å²) in [6, 6.07) is 22.0. The Labute approximate surface area is 238 Å². The Morgan fingerprint density at radius 3 is 2.21 bits per heavy atom. The second kappa shape index (κ2) is 10.6. The molecule has 34 heavy (non-hydrogen) atoms. The Kier molecular flexibility index (Phi) is 9.17. The molecule has 5 heteroatoms. The van der Waals surface area contributed by atoms with E-state index in [1.165, 1.54) is 35.7 Å². The molecule has 0 saturated heterocycles. The van der Waals surface area contributed by atoms with Gasteiger partial charge >= 0.3 is 0 Å². The largest absolute Gasteiger partial charge is 0.168 e. The van der Waals surface area contributed by atoms with Gasteiger partial charge in [-0.25, -0.2) is 0 Å². The maximum atomic E-state index is 2.47. The van der Waals surface area contributed by atoms with Crippen molar-refractivity contribution >= 4 is 57.2 Å². The molecule has 0 aromatic heterocycles. The molecule has 0 nitrogen and oxygen atoms in total. The molecule has 0 fully saturated rings. The van der Waals surface area contributed by atoms with Crippen molar-refractivity contribution in [2.75, 3.05) is 0 Å². The van der Waals surface area contributed by atoms with E-state index < -0.39 is 8.07 Å². The monoisotopic (exact) mass is 599 g/mol. The van der Waals surface area contributed by atoms with Gasteiger partial charge in [-0.1, -0.05) is 84.0 Å². The van der Waals surface area contributed by atoms with Crippen LogP contribution < -0.4 is 0 Å². The van der Waals surface area contributed by atoms with E-state index in [4.69, 9.17) is 0 Å². The third-order valence-electron chi connectivity index (χ3n) is 6.87. The van der Waals surface area contributed by atoms with Gasteiger partial charge in [0, 0.05) is 31.5 Å². The molecular formula is C29H32Cl2PSiZr-. The Balaban J connectivity index is 0.000000238. The van der Waals surface area contributed by atoms with Gasteiger partial charge in [-0.15, -0.1) is 53.8 Å². The van der Waals surface area contributed by atoms with Crippen LogP contribution in [-0.2, 0) is 31.6 Å². The molecule has 2 aliphatic heterocycles. The van der Waals surface area contributed by atoms with Crippen molar-refractivity contribution in [3.63, 3.8) is 0 Å². The van der Waals surface area contributed by atoms with Gasteiger partial charge in [0.2, 0.25) is 0 Å². The number of rotatable bonds is 1. The van der Waals surface area contributed by atoms with E-state index in [9.17, 15) is 0 Å². The smallest absolute Gasteiger partial charge is 0.114 e. The minimum atomic E-state index is -1.09. The fraction of sp³-hybridized carbons (Fsp3) is 0.241. The minimum Gasteiger partial charge on any atom is -0.168 e. The Hall–Kier alpha value is -0.880. The zero-order valence-electron chi connectivity index (χ0n) is 20.7. The van der Waals surface area contributed by atoms with Crippen molar-refractivity contribution in [3.05, 3.63) is 99.7 Å². The van der Waals surface area contributed by atoms with Crippen LogP contribution >= 0.6 is 33.0 Å². The average Bonchev–Trinajstić information content (AvgIpc) is 3.39. The molecule has 0 radical (unpaired) electrons. The van der Waals surface area contributed by atoms with Crippen LogP contribution in [0.3, 0.4) is 0 Å². The molecule has 0 spiro atoms. The van der Waals surface area contributed by atoms with Crippen LogP contribution in [0, 0.1) is 0 Å². The molecular weight excluding hydrogens is 570 g/mol. The van der Waals surface area contributed by atoms with Gasteiger partial charge in [0.25, 0.3) is 0 Å². The molecule has 0 N–H and O–H groups in total. The maximum absolute atomic E-state index is 2.47. The van der Waals surface area contributed by atoms with Crippen LogP contribution in [0.4, 0.5) is 0 Å². The summed E-state index contributed by atoms with van der Waals surface area (Å²) in [4.78, 5) is 0. The average molecular weight is 602 g/mol. The van der Waals surface area contributed by atoms with Gasteiger partial charge in [0.1, 0.15) is 8.07 Å². The summed E-state index contributed by atoms with van der Waals surface area (Å²) >= 11 is 0. The number of hydrogen-bond acceptors (Lipinski definition) is 0. The Morgan fingerprint density at radius 2 is 1.56 bits per heavy atom. The summed E-state index contributed by atoms with van der Waals surface area (Å²) in [5.41, 5.74) is 5.86. The molecule has 3 aromatic rings. The number of halogens is 2. The van der Waals surface area contributed by atoms with Gasteiger partial charge in [-0.3, -0.25) is 0 Å². The fourth-order valence-corrected chi connectivity index (χ4v) is 10.7. The summed E-state index contributed by atoms with van der Waals surface area (Å²) in [5.74, 6) is 0. The second-order valence-electron chi connectivity index (χ2n) is 10.4. The Bertz CT molecular complexity index is 1330. The standard InChI is InChI=1S/C19H19.C10H11PSi.2ClH.Zr/c1-19(2,3)16-12-10-15(11-13-16)18-9-5-7-14-6-4-8-17(14)18;1-6-10-9-7(11-6)4-5-8(9)12(10,2)3;;;/h4-13H,1-3H3;4-5H,1-3H3;2*1H;/q-1;;;;. The molecule has 0 atom stereocenters. The second-order valence-corrected chi connectivity index (χ2v) is 16.0. The van der Waals surface area contributed by atoms with Gasteiger partial charge < -0.3 is 0 Å². The quantitative estimate of drug-likeness (QED) is 0.148. The van der Waals surface area contributed by atoms with Gasteiger partial charge in [0.15, 0.2) is 0 Å². The van der Waals surface area contributed by atoms with Crippen LogP contribution in [0.1, 0.15) is 33.3 Å². The summed E-state index contributed by atoms with van der Waals surface area (Å²) in [7, 11) is 0.396. The molecule has 0 saturated carbocycles. The first-order valence-corrected chi connectivity index (χ1v) is 15.1. The molecule has 3 aromatic carbocycles. The minimum absolute atomic E-state index is 0. The normalized spacial score (nSPS) is 16.9. The molecule has 1 aliphatic carbocycles. The number of allylic oxidation sites excluding steroid dienone is 6. The third kappa shape index (κ3) is 4.87. The topological polar surface area (TPSA) is 0 Å². The molecule has 0 bridgehead atoms. The van der Waals surface area contributed by atoms with Crippen molar-refractivity contribution in [1.82, 2.24) is 0 Å². The summed E-state index contributed by atoms with van der Waals surface area (Å²) in [6.07, 6.45) is 4.68. The summed E-state index contributed by atoms with van der Waals surface area (Å²) in [5, 5.41) is 9.33. The van der Waals surface area contributed by atoms with Gasteiger partial charge in [-0.05, 0) is 50.8 Å². The van der Waals surface area contributed by atoms with Crippen molar-refractivity contribution in [3.8, 4) is 11.1 Å². The van der Waals surface area contributed by atoms with Crippen LogP contribution in [0.15, 0.2) is 94.1 Å². The van der Waals surface area contributed by atoms with Crippen LogP contribution in [-0.4, -0.2) is 13.4 Å². The molecule has 176 valence electrons. The van der Waals surface area contributed by atoms with Crippen molar-refractivity contribution < 1.29 is 26.2 Å². The zero-order valence-corrected chi connectivity index (χ0v) is 26.7. The zero-order chi connectivity index (χ0) is 22.0. The van der Waals surface area contributed by atoms with E-state index in [1.54, 1.807) is 26.6 Å². The first-order chi connectivity index (χ1) is 14.7. The number of fused-ring (bicyclic) bond motifs is 1. The predicted molar refractivity (Wildman–Crippen MR) is 156 cm³/mol. The molecule has 6 rings (SSSR count).